The molecule has 1 rings (SSSR count). The number of ether oxygens (including phenoxy) is 2. The quantitative estimate of drug-likeness (QED) is 0.520. The van der Waals surface area contributed by atoms with Gasteiger partial charge >= 0.3 is 5.97 Å². The van der Waals surface area contributed by atoms with Gasteiger partial charge in [0.25, 0.3) is 5.91 Å². The highest BCUT2D eigenvalue weighted by atomic mass is 16.5. The SMILES string of the molecule is CCCCOc1ccc(C(=O)OCC(=O)NCC(=O)NC)cc1. The van der Waals surface area contributed by atoms with Crippen molar-refractivity contribution in [1.82, 2.24) is 10.6 Å². The maximum absolute atomic E-state index is 11.8. The summed E-state index contributed by atoms with van der Waals surface area (Å²) in [6.45, 7) is 2.11. The van der Waals surface area contributed by atoms with Crippen molar-refractivity contribution in [3.05, 3.63) is 29.8 Å². The number of benzene rings is 1. The van der Waals surface area contributed by atoms with Gasteiger partial charge in [0.05, 0.1) is 18.7 Å². The van der Waals surface area contributed by atoms with E-state index in [1.807, 2.05) is 0 Å². The minimum absolute atomic E-state index is 0.156. The van der Waals surface area contributed by atoms with Crippen LogP contribution in [-0.2, 0) is 14.3 Å². The molecule has 0 aliphatic heterocycles. The molecule has 2 amide bonds. The van der Waals surface area contributed by atoms with Crippen LogP contribution in [0.5, 0.6) is 5.75 Å². The average Bonchev–Trinajstić information content (AvgIpc) is 2.58. The molecule has 0 heterocycles. The summed E-state index contributed by atoms with van der Waals surface area (Å²) >= 11 is 0. The topological polar surface area (TPSA) is 93.7 Å². The van der Waals surface area contributed by atoms with E-state index in [1.54, 1.807) is 24.3 Å². The molecule has 0 saturated carbocycles. The Morgan fingerprint density at radius 3 is 2.39 bits per heavy atom. The Kier molecular flexibility index (Phi) is 8.20. The normalized spacial score (nSPS) is 9.83. The second-order valence-corrected chi connectivity index (χ2v) is 4.75. The van der Waals surface area contributed by atoms with Gasteiger partial charge in [-0.15, -0.1) is 0 Å². The van der Waals surface area contributed by atoms with E-state index >= 15 is 0 Å². The average molecular weight is 322 g/mol. The van der Waals surface area contributed by atoms with Gasteiger partial charge < -0.3 is 20.1 Å². The van der Waals surface area contributed by atoms with Crippen LogP contribution in [0.3, 0.4) is 0 Å². The van der Waals surface area contributed by atoms with Crippen LogP contribution in [0.4, 0.5) is 0 Å². The zero-order valence-corrected chi connectivity index (χ0v) is 13.4. The molecule has 7 heteroatoms. The van der Waals surface area contributed by atoms with Crippen molar-refractivity contribution in [3.8, 4) is 5.75 Å². The maximum Gasteiger partial charge on any atom is 0.338 e. The third-order valence-corrected chi connectivity index (χ3v) is 2.92. The first-order valence-corrected chi connectivity index (χ1v) is 7.44. The number of hydrogen-bond donors (Lipinski definition) is 2. The summed E-state index contributed by atoms with van der Waals surface area (Å²) in [6, 6.07) is 6.51. The lowest BCUT2D eigenvalue weighted by Gasteiger charge is -2.07. The Morgan fingerprint density at radius 1 is 1.09 bits per heavy atom. The van der Waals surface area contributed by atoms with E-state index in [0.29, 0.717) is 17.9 Å². The van der Waals surface area contributed by atoms with Crippen molar-refractivity contribution in [2.24, 2.45) is 0 Å². The highest BCUT2D eigenvalue weighted by molar-refractivity contribution is 5.92. The zero-order chi connectivity index (χ0) is 17.1. The number of esters is 1. The van der Waals surface area contributed by atoms with Crippen LogP contribution >= 0.6 is 0 Å². The van der Waals surface area contributed by atoms with Gasteiger partial charge in [-0.2, -0.15) is 0 Å². The first-order chi connectivity index (χ1) is 11.1. The molecule has 0 atom stereocenters. The van der Waals surface area contributed by atoms with Crippen LogP contribution in [0.2, 0.25) is 0 Å². The maximum atomic E-state index is 11.8. The fourth-order valence-electron chi connectivity index (χ4n) is 1.55. The summed E-state index contributed by atoms with van der Waals surface area (Å²) in [5.74, 6) is -0.802. The van der Waals surface area contributed by atoms with Gasteiger partial charge in [-0.05, 0) is 30.7 Å². The smallest absolute Gasteiger partial charge is 0.338 e. The van der Waals surface area contributed by atoms with E-state index in [2.05, 4.69) is 17.6 Å². The number of amides is 2. The zero-order valence-electron chi connectivity index (χ0n) is 13.4. The monoisotopic (exact) mass is 322 g/mol. The standard InChI is InChI=1S/C16H22N2O5/c1-3-4-9-22-13-7-5-12(6-8-13)16(21)23-11-15(20)18-10-14(19)17-2/h5-8H,3-4,9-11H2,1-2H3,(H,17,19)(H,18,20). The lowest BCUT2D eigenvalue weighted by atomic mass is 10.2. The molecule has 0 spiro atoms. The number of rotatable bonds is 9. The third kappa shape index (κ3) is 7.30. The van der Waals surface area contributed by atoms with Crippen LogP contribution in [0.25, 0.3) is 0 Å². The summed E-state index contributed by atoms with van der Waals surface area (Å²) < 4.78 is 10.4. The highest BCUT2D eigenvalue weighted by Crippen LogP contribution is 2.13. The number of carbonyl (C=O) groups is 3. The Bertz CT molecular complexity index is 528. The lowest BCUT2D eigenvalue weighted by molar-refractivity contribution is -0.127. The van der Waals surface area contributed by atoms with Crippen LogP contribution in [-0.4, -0.2) is 44.6 Å². The molecule has 1 aromatic rings. The summed E-state index contributed by atoms with van der Waals surface area (Å²) in [7, 11) is 1.46. The number of carbonyl (C=O) groups excluding carboxylic acids is 3. The van der Waals surface area contributed by atoms with Crippen molar-refractivity contribution in [2.45, 2.75) is 19.8 Å². The molecule has 0 aliphatic carbocycles. The Balaban J connectivity index is 2.36. The van der Waals surface area contributed by atoms with E-state index in [1.165, 1.54) is 7.05 Å². The fourth-order valence-corrected chi connectivity index (χ4v) is 1.55. The van der Waals surface area contributed by atoms with Crippen LogP contribution in [0, 0.1) is 0 Å². The van der Waals surface area contributed by atoms with Gasteiger partial charge in [0.2, 0.25) is 5.91 Å². The van der Waals surface area contributed by atoms with E-state index < -0.39 is 18.5 Å². The van der Waals surface area contributed by atoms with Crippen molar-refractivity contribution in [2.75, 3.05) is 26.8 Å². The Hall–Kier alpha value is -2.57. The molecule has 1 aromatic carbocycles. The number of hydrogen-bond acceptors (Lipinski definition) is 5. The van der Waals surface area contributed by atoms with Crippen molar-refractivity contribution in [3.63, 3.8) is 0 Å². The molecule has 0 unspecified atom stereocenters. The first-order valence-electron chi connectivity index (χ1n) is 7.44. The van der Waals surface area contributed by atoms with Gasteiger partial charge in [0, 0.05) is 7.05 Å². The summed E-state index contributed by atoms with van der Waals surface area (Å²) in [4.78, 5) is 34.2. The van der Waals surface area contributed by atoms with Crippen LogP contribution in [0.1, 0.15) is 30.1 Å². The Labute approximate surface area is 135 Å². The number of unbranched alkanes of at least 4 members (excludes halogenated alkanes) is 1. The van der Waals surface area contributed by atoms with Gasteiger partial charge in [0.1, 0.15) is 5.75 Å². The molecule has 0 saturated heterocycles. The summed E-state index contributed by atoms with van der Waals surface area (Å²) in [6.07, 6.45) is 2.02. The van der Waals surface area contributed by atoms with E-state index in [-0.39, 0.29) is 12.5 Å². The predicted molar refractivity (Wildman–Crippen MR) is 84.2 cm³/mol. The second kappa shape index (κ2) is 10.2. The second-order valence-electron chi connectivity index (χ2n) is 4.75. The Morgan fingerprint density at radius 2 is 1.78 bits per heavy atom. The minimum atomic E-state index is -0.611. The van der Waals surface area contributed by atoms with Gasteiger partial charge in [-0.25, -0.2) is 4.79 Å². The number of nitrogens with one attached hydrogen (secondary N) is 2. The van der Waals surface area contributed by atoms with E-state index in [0.717, 1.165) is 12.8 Å². The summed E-state index contributed by atoms with van der Waals surface area (Å²) in [5, 5.41) is 4.69. The molecule has 0 radical (unpaired) electrons. The van der Waals surface area contributed by atoms with Crippen LogP contribution in [0.15, 0.2) is 24.3 Å². The molecule has 0 fully saturated rings. The van der Waals surface area contributed by atoms with E-state index in [4.69, 9.17) is 9.47 Å². The largest absolute Gasteiger partial charge is 0.494 e. The fraction of sp³-hybridized carbons (Fsp3) is 0.438. The summed E-state index contributed by atoms with van der Waals surface area (Å²) in [5.41, 5.74) is 0.326. The van der Waals surface area contributed by atoms with Gasteiger partial charge in [0.15, 0.2) is 6.61 Å². The molecule has 0 aromatic heterocycles. The third-order valence-electron chi connectivity index (χ3n) is 2.92. The minimum Gasteiger partial charge on any atom is -0.494 e. The van der Waals surface area contributed by atoms with Crippen LogP contribution < -0.4 is 15.4 Å². The molecule has 7 nitrogen and oxygen atoms in total. The van der Waals surface area contributed by atoms with Crippen molar-refractivity contribution >= 4 is 17.8 Å². The predicted octanol–water partition coefficient (Wildman–Crippen LogP) is 0.885. The molecule has 0 aliphatic rings. The van der Waals surface area contributed by atoms with Crippen molar-refractivity contribution in [1.29, 1.82) is 0 Å². The lowest BCUT2D eigenvalue weighted by Crippen LogP contribution is -2.37. The molecule has 126 valence electrons. The first kappa shape index (κ1) is 18.5. The van der Waals surface area contributed by atoms with Crippen molar-refractivity contribution < 1.29 is 23.9 Å². The molecular formula is C16H22N2O5. The molecule has 2 N–H and O–H groups in total. The molecule has 23 heavy (non-hydrogen) atoms. The number of likely N-dealkylation sites (N-methyl/N-ethyl adjacent to an activating group) is 1. The highest BCUT2D eigenvalue weighted by Gasteiger charge is 2.11. The van der Waals surface area contributed by atoms with Gasteiger partial charge in [-0.3, -0.25) is 9.59 Å². The molecular weight excluding hydrogens is 300 g/mol. The van der Waals surface area contributed by atoms with E-state index in [9.17, 15) is 14.4 Å². The molecule has 0 bridgehead atoms. The van der Waals surface area contributed by atoms with Gasteiger partial charge in [-0.1, -0.05) is 13.3 Å².